The molecule has 1 aromatic heterocycles. The van der Waals surface area contributed by atoms with E-state index in [1.54, 1.807) is 23.7 Å². The summed E-state index contributed by atoms with van der Waals surface area (Å²) in [6.07, 6.45) is 12.9. The second-order valence-corrected chi connectivity index (χ2v) is 14.5. The Morgan fingerprint density at radius 1 is 0.966 bits per heavy atom. The zero-order valence-electron chi connectivity index (χ0n) is 37.0. The summed E-state index contributed by atoms with van der Waals surface area (Å²) in [7, 11) is 1.70. The SMILES string of the molecule is C#C.C/C=C(/CN(C)C(=O)N[C@@H](CCN1CCOCC1)C(=O)NCCCCNC(=O)OCc1cncs1)N=C(C)C(C)C.CC.Cc1ccccc1.Cc1ccccc1. The summed E-state index contributed by atoms with van der Waals surface area (Å²) in [6.45, 7) is 21.2. The minimum atomic E-state index is -0.678. The van der Waals surface area contributed by atoms with Gasteiger partial charge in [0.15, 0.2) is 0 Å². The van der Waals surface area contributed by atoms with Crippen LogP contribution in [-0.4, -0.2) is 104 Å². The normalized spacial score (nSPS) is 12.9. The number of aromatic nitrogens is 1. The third-order valence-corrected chi connectivity index (χ3v) is 9.32. The fraction of sp³-hybridized carbons (Fsp3) is 0.500. The Hall–Kier alpha value is -5.03. The van der Waals surface area contributed by atoms with Gasteiger partial charge < -0.3 is 30.3 Å². The summed E-state index contributed by atoms with van der Waals surface area (Å²) in [6, 6.07) is 19.5. The number of allylic oxidation sites excluding steroid dienone is 1. The maximum Gasteiger partial charge on any atom is 0.407 e. The lowest BCUT2D eigenvalue weighted by Crippen LogP contribution is -2.52. The van der Waals surface area contributed by atoms with Crippen molar-refractivity contribution < 1.29 is 23.9 Å². The van der Waals surface area contributed by atoms with E-state index in [1.807, 2.05) is 70.2 Å². The Bertz CT molecular complexity index is 1560. The zero-order chi connectivity index (χ0) is 44.3. The third-order valence-electron chi connectivity index (χ3n) is 8.57. The summed E-state index contributed by atoms with van der Waals surface area (Å²) in [5, 5.41) is 8.57. The van der Waals surface area contributed by atoms with Gasteiger partial charge in [-0.2, -0.15) is 0 Å². The molecule has 3 aromatic rings. The van der Waals surface area contributed by atoms with E-state index in [0.29, 0.717) is 64.6 Å². The van der Waals surface area contributed by atoms with E-state index in [0.717, 1.165) is 29.4 Å². The van der Waals surface area contributed by atoms with Gasteiger partial charge in [0.1, 0.15) is 12.6 Å². The molecule has 12 nitrogen and oxygen atoms in total. The number of nitrogens with zero attached hydrogens (tertiary/aromatic N) is 4. The van der Waals surface area contributed by atoms with Crippen molar-refractivity contribution >= 4 is 35.1 Å². The van der Waals surface area contributed by atoms with Crippen LogP contribution in [0, 0.1) is 32.6 Å². The highest BCUT2D eigenvalue weighted by molar-refractivity contribution is 7.09. The Labute approximate surface area is 359 Å². The van der Waals surface area contributed by atoms with Gasteiger partial charge in [-0.3, -0.25) is 19.7 Å². The number of ether oxygens (including phenoxy) is 2. The van der Waals surface area contributed by atoms with Gasteiger partial charge in [0.05, 0.1) is 35.8 Å². The smallest absolute Gasteiger partial charge is 0.407 e. The highest BCUT2D eigenvalue weighted by Gasteiger charge is 2.24. The number of rotatable bonds is 16. The number of terminal acetylenes is 1. The fourth-order valence-electron chi connectivity index (χ4n) is 4.87. The van der Waals surface area contributed by atoms with Crippen LogP contribution >= 0.6 is 11.3 Å². The predicted molar refractivity (Wildman–Crippen MR) is 245 cm³/mol. The molecular weight excluding hydrogens is 763 g/mol. The van der Waals surface area contributed by atoms with Gasteiger partial charge >= 0.3 is 12.1 Å². The molecule has 326 valence electrons. The number of carbonyl (C=O) groups excluding carboxylic acids is 3. The average molecular weight is 834 g/mol. The van der Waals surface area contributed by atoms with E-state index in [4.69, 9.17) is 9.47 Å². The molecule has 1 aliphatic heterocycles. The van der Waals surface area contributed by atoms with Gasteiger partial charge in [-0.25, -0.2) is 9.59 Å². The van der Waals surface area contributed by atoms with Crippen molar-refractivity contribution in [1.29, 1.82) is 0 Å². The van der Waals surface area contributed by atoms with Crippen molar-refractivity contribution in [3.63, 3.8) is 0 Å². The molecule has 4 amide bonds. The van der Waals surface area contributed by atoms with E-state index in [-0.39, 0.29) is 18.5 Å². The fourth-order valence-corrected chi connectivity index (χ4v) is 5.38. The molecule has 2 heterocycles. The van der Waals surface area contributed by atoms with E-state index in [9.17, 15) is 14.4 Å². The van der Waals surface area contributed by atoms with Crippen LogP contribution in [0.4, 0.5) is 9.59 Å². The number of likely N-dealkylation sites (N-methyl/N-ethyl adjacent to an activating group) is 1. The number of hydrogen-bond donors (Lipinski definition) is 3. The first-order valence-corrected chi connectivity index (χ1v) is 21.3. The van der Waals surface area contributed by atoms with Gasteiger partial charge in [0.25, 0.3) is 0 Å². The van der Waals surface area contributed by atoms with Crippen molar-refractivity contribution in [2.24, 2.45) is 10.9 Å². The average Bonchev–Trinajstić information content (AvgIpc) is 3.79. The lowest BCUT2D eigenvalue weighted by atomic mass is 10.1. The van der Waals surface area contributed by atoms with Crippen molar-refractivity contribution in [3.8, 4) is 12.8 Å². The number of morpholine rings is 1. The van der Waals surface area contributed by atoms with Crippen LogP contribution in [0.3, 0.4) is 0 Å². The van der Waals surface area contributed by atoms with Gasteiger partial charge in [-0.15, -0.1) is 24.2 Å². The molecule has 4 rings (SSSR count). The van der Waals surface area contributed by atoms with Gasteiger partial charge in [-0.05, 0) is 52.9 Å². The van der Waals surface area contributed by atoms with Crippen LogP contribution < -0.4 is 16.0 Å². The highest BCUT2D eigenvalue weighted by atomic mass is 32.1. The van der Waals surface area contributed by atoms with Crippen molar-refractivity contribution in [2.75, 3.05) is 59.5 Å². The predicted octanol–water partition coefficient (Wildman–Crippen LogP) is 8.28. The highest BCUT2D eigenvalue weighted by Crippen LogP contribution is 2.08. The summed E-state index contributed by atoms with van der Waals surface area (Å²) >= 11 is 1.43. The number of unbranched alkanes of at least 4 members (excludes halogenated alkanes) is 1. The maximum absolute atomic E-state index is 13.1. The topological polar surface area (TPSA) is 137 Å². The maximum atomic E-state index is 13.1. The minimum absolute atomic E-state index is 0.195. The number of amides is 4. The van der Waals surface area contributed by atoms with E-state index in [1.165, 1.54) is 22.5 Å². The molecule has 13 heteroatoms. The molecule has 3 N–H and O–H groups in total. The van der Waals surface area contributed by atoms with Crippen LogP contribution in [0.2, 0.25) is 0 Å². The first kappa shape index (κ1) is 54.0. The molecule has 1 atom stereocenters. The number of benzene rings is 2. The molecule has 0 spiro atoms. The Balaban J connectivity index is 0.00000153. The van der Waals surface area contributed by atoms with E-state index in [2.05, 4.69) is 95.6 Å². The molecule has 1 aliphatic rings. The standard InChI is InChI=1S/C28H47N7O5S.2C7H8.C2H6.C2H2/c1-6-23(32-22(4)21(2)3)18-34(5)27(37)33-25(9-12-35-13-15-39-16-14-35)26(36)30-10-7-8-11-31-28(38)40-19-24-17-29-20-41-24;2*1-7-5-3-2-4-6-7;2*1-2/h6,17,20-21,25H,7-16,18-19H2,1-5H3,(H,30,36)(H,31,38)(H,33,37);2*2-6H,1H3;1-2H3;1-2H/b23-6-,32-22?;;;;/t25-;;;;/m0..../s1. The first-order chi connectivity index (χ1) is 28.5. The summed E-state index contributed by atoms with van der Waals surface area (Å²) in [4.78, 5) is 51.2. The molecule has 0 bridgehead atoms. The summed E-state index contributed by atoms with van der Waals surface area (Å²) in [5.74, 6) is 0.0907. The second kappa shape index (κ2) is 35.0. The molecule has 2 aromatic carbocycles. The quantitative estimate of drug-likeness (QED) is 0.0751. The molecule has 59 heavy (non-hydrogen) atoms. The lowest BCUT2D eigenvalue weighted by molar-refractivity contribution is -0.123. The number of carbonyl (C=O) groups is 3. The largest absolute Gasteiger partial charge is 0.444 e. The Morgan fingerprint density at radius 2 is 1.53 bits per heavy atom. The van der Waals surface area contributed by atoms with Crippen LogP contribution in [0.25, 0.3) is 0 Å². The Kier molecular flexibility index (Phi) is 32.0. The number of nitrogens with one attached hydrogen (secondary N) is 3. The number of aryl methyl sites for hydroxylation is 2. The van der Waals surface area contributed by atoms with Gasteiger partial charge in [-0.1, -0.05) is 106 Å². The van der Waals surface area contributed by atoms with Crippen molar-refractivity contribution in [2.45, 2.75) is 87.3 Å². The molecular formula is C46H71N7O5S. The minimum Gasteiger partial charge on any atom is -0.444 e. The monoisotopic (exact) mass is 834 g/mol. The molecule has 0 aliphatic carbocycles. The molecule has 1 saturated heterocycles. The summed E-state index contributed by atoms with van der Waals surface area (Å²) < 4.78 is 10.6. The molecule has 0 unspecified atom stereocenters. The van der Waals surface area contributed by atoms with Crippen LogP contribution in [-0.2, 0) is 20.9 Å². The van der Waals surface area contributed by atoms with E-state index >= 15 is 0 Å². The third kappa shape index (κ3) is 27.3. The number of hydrogen-bond acceptors (Lipinski definition) is 9. The zero-order valence-corrected chi connectivity index (χ0v) is 37.9. The van der Waals surface area contributed by atoms with Gasteiger partial charge in [0, 0.05) is 51.7 Å². The van der Waals surface area contributed by atoms with Crippen LogP contribution in [0.1, 0.15) is 76.8 Å². The van der Waals surface area contributed by atoms with Crippen molar-refractivity contribution in [1.82, 2.24) is 30.7 Å². The molecule has 1 fully saturated rings. The number of urea groups is 1. The molecule has 0 radical (unpaired) electrons. The van der Waals surface area contributed by atoms with Gasteiger partial charge in [0.2, 0.25) is 5.91 Å². The first-order valence-electron chi connectivity index (χ1n) is 20.4. The number of aliphatic imine (C=N–C) groups is 1. The second-order valence-electron chi connectivity index (χ2n) is 13.6. The Morgan fingerprint density at radius 3 is 2.00 bits per heavy atom. The number of alkyl carbamates (subject to hydrolysis) is 1. The molecule has 0 saturated carbocycles. The summed E-state index contributed by atoms with van der Waals surface area (Å²) in [5.41, 5.74) is 6.12. The van der Waals surface area contributed by atoms with E-state index < -0.39 is 12.1 Å². The number of thiazole rings is 1. The van der Waals surface area contributed by atoms with Crippen LogP contribution in [0.5, 0.6) is 0 Å². The lowest BCUT2D eigenvalue weighted by Gasteiger charge is -2.29. The van der Waals surface area contributed by atoms with Crippen molar-refractivity contribution in [3.05, 3.63) is 100 Å². The van der Waals surface area contributed by atoms with Crippen LogP contribution in [0.15, 0.2) is 89.1 Å².